The average Bonchev–Trinajstić information content (AvgIpc) is 2.51. The average molecular weight is 273 g/mol. The van der Waals surface area contributed by atoms with E-state index in [0.717, 1.165) is 24.4 Å². The number of likely N-dealkylation sites (N-methyl/N-ethyl adjacent to an activating group) is 1. The molecule has 1 aromatic rings. The van der Waals surface area contributed by atoms with Crippen molar-refractivity contribution < 1.29 is 8.42 Å². The number of hydrogen-bond acceptors (Lipinski definition) is 4. The summed E-state index contributed by atoms with van der Waals surface area (Å²) in [4.78, 5) is 0. The highest BCUT2D eigenvalue weighted by Crippen LogP contribution is 2.14. The molecule has 0 aliphatic heterocycles. The van der Waals surface area contributed by atoms with E-state index < -0.39 is 9.84 Å². The molecule has 104 valence electrons. The minimum atomic E-state index is -2.88. The molecule has 0 fully saturated rings. The van der Waals surface area contributed by atoms with Gasteiger partial charge in [-0.1, -0.05) is 0 Å². The number of aromatic nitrogens is 2. The van der Waals surface area contributed by atoms with Crippen LogP contribution >= 0.6 is 0 Å². The summed E-state index contributed by atoms with van der Waals surface area (Å²) < 4.78 is 24.1. The van der Waals surface area contributed by atoms with E-state index in [1.165, 1.54) is 11.8 Å². The fourth-order valence-corrected chi connectivity index (χ4v) is 2.69. The van der Waals surface area contributed by atoms with Gasteiger partial charge in [0.05, 0.1) is 11.4 Å². The van der Waals surface area contributed by atoms with Crippen LogP contribution in [0.1, 0.15) is 23.4 Å². The maximum Gasteiger partial charge on any atom is 0.147 e. The first-order chi connectivity index (χ1) is 8.35. The Kier molecular flexibility index (Phi) is 5.34. The monoisotopic (exact) mass is 273 g/mol. The summed E-state index contributed by atoms with van der Waals surface area (Å²) in [5.74, 6) is 0.219. The zero-order valence-electron chi connectivity index (χ0n) is 11.7. The summed E-state index contributed by atoms with van der Waals surface area (Å²) in [6.07, 6.45) is 2.85. The molecule has 0 saturated heterocycles. The molecule has 0 atom stereocenters. The van der Waals surface area contributed by atoms with Crippen LogP contribution in [-0.2, 0) is 22.8 Å². The van der Waals surface area contributed by atoms with E-state index in [4.69, 9.17) is 0 Å². The van der Waals surface area contributed by atoms with Crippen molar-refractivity contribution in [1.29, 1.82) is 0 Å². The number of nitrogens with zero attached hydrogens (tertiary/aromatic N) is 2. The van der Waals surface area contributed by atoms with Crippen LogP contribution in [0.3, 0.4) is 0 Å². The summed E-state index contributed by atoms with van der Waals surface area (Å²) >= 11 is 0. The molecule has 1 heterocycles. The molecule has 18 heavy (non-hydrogen) atoms. The largest absolute Gasteiger partial charge is 0.319 e. The van der Waals surface area contributed by atoms with Crippen LogP contribution in [0.15, 0.2) is 0 Å². The van der Waals surface area contributed by atoms with Gasteiger partial charge in [0.15, 0.2) is 0 Å². The number of aryl methyl sites for hydroxylation is 2. The Morgan fingerprint density at radius 2 is 2.00 bits per heavy atom. The maximum absolute atomic E-state index is 11.1. The molecule has 0 saturated carbocycles. The fourth-order valence-electron chi connectivity index (χ4n) is 2.04. The van der Waals surface area contributed by atoms with Crippen LogP contribution in [-0.4, -0.2) is 43.8 Å². The van der Waals surface area contributed by atoms with Gasteiger partial charge in [-0.2, -0.15) is 5.10 Å². The lowest BCUT2D eigenvalue weighted by atomic mass is 10.1. The molecule has 0 radical (unpaired) electrons. The molecular weight excluding hydrogens is 250 g/mol. The van der Waals surface area contributed by atoms with Crippen molar-refractivity contribution in [2.24, 2.45) is 0 Å². The molecule has 1 N–H and O–H groups in total. The van der Waals surface area contributed by atoms with Crippen molar-refractivity contribution in [2.75, 3.05) is 25.6 Å². The highest BCUT2D eigenvalue weighted by Gasteiger charge is 2.11. The second-order valence-corrected chi connectivity index (χ2v) is 6.97. The van der Waals surface area contributed by atoms with E-state index in [2.05, 4.69) is 10.4 Å². The normalized spacial score (nSPS) is 12.0. The summed E-state index contributed by atoms with van der Waals surface area (Å²) in [5, 5.41) is 7.60. The third-order valence-electron chi connectivity index (χ3n) is 3.04. The molecular formula is C12H23N3O2S. The van der Waals surface area contributed by atoms with Gasteiger partial charge < -0.3 is 5.32 Å². The summed E-state index contributed by atoms with van der Waals surface area (Å²) in [5.41, 5.74) is 3.46. The van der Waals surface area contributed by atoms with Crippen LogP contribution in [0, 0.1) is 13.8 Å². The van der Waals surface area contributed by atoms with E-state index >= 15 is 0 Å². The molecule has 0 aliphatic carbocycles. The van der Waals surface area contributed by atoms with Gasteiger partial charge in [0, 0.05) is 18.5 Å². The Morgan fingerprint density at radius 3 is 2.56 bits per heavy atom. The highest BCUT2D eigenvalue weighted by atomic mass is 32.2. The first-order valence-electron chi connectivity index (χ1n) is 6.20. The van der Waals surface area contributed by atoms with Gasteiger partial charge >= 0.3 is 0 Å². The molecule has 0 spiro atoms. The molecule has 1 rings (SSSR count). The Hall–Kier alpha value is -0.880. The van der Waals surface area contributed by atoms with Gasteiger partial charge in [0.2, 0.25) is 0 Å². The minimum absolute atomic E-state index is 0.219. The lowest BCUT2D eigenvalue weighted by Gasteiger charge is -2.05. The van der Waals surface area contributed by atoms with Crippen LogP contribution < -0.4 is 5.32 Å². The summed E-state index contributed by atoms with van der Waals surface area (Å²) in [6.45, 7) is 5.65. The summed E-state index contributed by atoms with van der Waals surface area (Å²) in [6, 6.07) is 0. The Bertz CT molecular complexity index is 492. The lowest BCUT2D eigenvalue weighted by Crippen LogP contribution is -2.12. The van der Waals surface area contributed by atoms with E-state index in [1.54, 1.807) is 0 Å². The molecule has 5 nitrogen and oxygen atoms in total. The van der Waals surface area contributed by atoms with Crippen LogP contribution in [0.2, 0.25) is 0 Å². The predicted molar refractivity (Wildman–Crippen MR) is 73.7 cm³/mol. The fraction of sp³-hybridized carbons (Fsp3) is 0.750. The van der Waals surface area contributed by atoms with Crippen LogP contribution in [0.5, 0.6) is 0 Å². The van der Waals surface area contributed by atoms with Gasteiger partial charge in [0.25, 0.3) is 0 Å². The van der Waals surface area contributed by atoms with Crippen molar-refractivity contribution in [2.45, 2.75) is 33.2 Å². The zero-order chi connectivity index (χ0) is 13.8. The SMILES string of the molecule is CNCCc1c(C)nn(CCCS(C)(=O)=O)c1C. The second-order valence-electron chi connectivity index (χ2n) is 4.71. The molecule has 1 aromatic heterocycles. The zero-order valence-corrected chi connectivity index (χ0v) is 12.5. The lowest BCUT2D eigenvalue weighted by molar-refractivity contribution is 0.566. The van der Waals surface area contributed by atoms with E-state index in [-0.39, 0.29) is 5.75 Å². The van der Waals surface area contributed by atoms with Crippen LogP contribution in [0.4, 0.5) is 0 Å². The molecule has 0 bridgehead atoms. The molecule has 0 aromatic carbocycles. The Labute approximate surface area is 109 Å². The first-order valence-corrected chi connectivity index (χ1v) is 8.26. The van der Waals surface area contributed by atoms with E-state index in [1.807, 2.05) is 25.6 Å². The Morgan fingerprint density at radius 1 is 1.33 bits per heavy atom. The number of rotatable bonds is 7. The quantitative estimate of drug-likeness (QED) is 0.794. The topological polar surface area (TPSA) is 64.0 Å². The highest BCUT2D eigenvalue weighted by molar-refractivity contribution is 7.90. The van der Waals surface area contributed by atoms with Crippen molar-refractivity contribution in [3.8, 4) is 0 Å². The van der Waals surface area contributed by atoms with Crippen LogP contribution in [0.25, 0.3) is 0 Å². The Balaban J connectivity index is 2.67. The third-order valence-corrected chi connectivity index (χ3v) is 4.07. The van der Waals surface area contributed by atoms with Crippen molar-refractivity contribution in [3.05, 3.63) is 17.0 Å². The smallest absolute Gasteiger partial charge is 0.147 e. The molecule has 0 aliphatic rings. The predicted octanol–water partition coefficient (Wildman–Crippen LogP) is 0.697. The summed E-state index contributed by atoms with van der Waals surface area (Å²) in [7, 11) is -0.944. The van der Waals surface area contributed by atoms with E-state index in [9.17, 15) is 8.42 Å². The van der Waals surface area contributed by atoms with Crippen molar-refractivity contribution >= 4 is 9.84 Å². The van der Waals surface area contributed by atoms with Gasteiger partial charge in [0.1, 0.15) is 9.84 Å². The number of sulfone groups is 1. The van der Waals surface area contributed by atoms with Gasteiger partial charge in [-0.15, -0.1) is 0 Å². The van der Waals surface area contributed by atoms with Gasteiger partial charge in [-0.25, -0.2) is 8.42 Å². The minimum Gasteiger partial charge on any atom is -0.319 e. The molecule has 0 amide bonds. The van der Waals surface area contributed by atoms with Crippen molar-refractivity contribution in [3.63, 3.8) is 0 Å². The number of nitrogens with one attached hydrogen (secondary N) is 1. The standard InChI is InChI=1S/C12H23N3O2S/c1-10-12(6-7-13-3)11(2)15(14-10)8-5-9-18(4,16)17/h13H,5-9H2,1-4H3. The van der Waals surface area contributed by atoms with Gasteiger partial charge in [-0.05, 0) is 45.8 Å². The third kappa shape index (κ3) is 4.42. The van der Waals surface area contributed by atoms with Gasteiger partial charge in [-0.3, -0.25) is 4.68 Å². The maximum atomic E-state index is 11.1. The van der Waals surface area contributed by atoms with Crippen molar-refractivity contribution in [1.82, 2.24) is 15.1 Å². The van der Waals surface area contributed by atoms with E-state index in [0.29, 0.717) is 13.0 Å². The number of hydrogen-bond donors (Lipinski definition) is 1. The molecule has 6 heteroatoms. The second kappa shape index (κ2) is 6.33. The first kappa shape index (κ1) is 15.2. The molecule has 0 unspecified atom stereocenters.